The minimum atomic E-state index is 0.654. The van der Waals surface area contributed by atoms with Gasteiger partial charge in [-0.3, -0.25) is 0 Å². The van der Waals surface area contributed by atoms with Crippen LogP contribution in [0, 0.1) is 6.92 Å². The van der Waals surface area contributed by atoms with Crippen molar-refractivity contribution in [3.05, 3.63) is 35.4 Å². The Bertz CT molecular complexity index is 228. The van der Waals surface area contributed by atoms with Crippen LogP contribution in [0.3, 0.4) is 0 Å². The normalized spacial score (nSPS) is 9.38. The summed E-state index contributed by atoms with van der Waals surface area (Å²) < 4.78 is 4.25. The van der Waals surface area contributed by atoms with E-state index in [-0.39, 0.29) is 0 Å². The molecule has 0 spiro atoms. The zero-order valence-corrected chi connectivity index (χ0v) is 9.29. The Balaban J connectivity index is 0.000000424. The van der Waals surface area contributed by atoms with Crippen LogP contribution in [-0.2, 0) is 4.74 Å². The van der Waals surface area contributed by atoms with Crippen LogP contribution in [0.5, 0.6) is 0 Å². The highest BCUT2D eigenvalue weighted by atomic mass is 16.4. The van der Waals surface area contributed by atoms with Crippen molar-refractivity contribution in [2.45, 2.75) is 26.7 Å². The molecule has 0 aliphatic heterocycles. The third-order valence-corrected chi connectivity index (χ3v) is 1.81. The van der Waals surface area contributed by atoms with Gasteiger partial charge in [-0.25, -0.2) is 0 Å². The topological polar surface area (TPSA) is 9.23 Å². The molecule has 1 aromatic rings. The van der Waals surface area contributed by atoms with E-state index < -0.39 is 0 Å². The van der Waals surface area contributed by atoms with Crippen molar-refractivity contribution in [2.24, 2.45) is 0 Å². The summed E-state index contributed by atoms with van der Waals surface area (Å²) in [5, 5.41) is 0. The van der Waals surface area contributed by atoms with Gasteiger partial charge < -0.3 is 4.74 Å². The van der Waals surface area contributed by atoms with Gasteiger partial charge in [0.2, 0.25) is 0 Å². The van der Waals surface area contributed by atoms with Crippen LogP contribution >= 0.6 is 0 Å². The molecule has 0 amide bonds. The van der Waals surface area contributed by atoms with Crippen LogP contribution in [0.1, 0.15) is 30.9 Å². The molecule has 13 heavy (non-hydrogen) atoms. The number of ether oxygens (including phenoxy) is 1. The van der Waals surface area contributed by atoms with Gasteiger partial charge in [0.1, 0.15) is 0 Å². The van der Waals surface area contributed by atoms with Gasteiger partial charge in [0.15, 0.2) is 0 Å². The molecule has 1 nitrogen and oxygen atoms in total. The molecule has 0 heterocycles. The van der Waals surface area contributed by atoms with Gasteiger partial charge in [0, 0.05) is 14.2 Å². The van der Waals surface area contributed by atoms with E-state index in [0.717, 1.165) is 0 Å². The van der Waals surface area contributed by atoms with E-state index in [1.54, 1.807) is 14.2 Å². The summed E-state index contributed by atoms with van der Waals surface area (Å²) >= 11 is 0. The first-order valence-corrected chi connectivity index (χ1v) is 4.59. The molecule has 0 fully saturated rings. The number of methoxy groups -OCH3 is 1. The summed E-state index contributed by atoms with van der Waals surface area (Å²) in [5.41, 5.74) is 2.86. The standard InChI is InChI=1S/C10H14.C2H6O/c1-8(2)10-7-5-4-6-9(10)3;1-3-2/h4-8H,1-3H3;1-2H3. The smallest absolute Gasteiger partial charge is 0.0351 e. The summed E-state index contributed by atoms with van der Waals surface area (Å²) in [4.78, 5) is 0. The molecule has 0 N–H and O–H groups in total. The van der Waals surface area contributed by atoms with Crippen LogP contribution in [0.4, 0.5) is 0 Å². The highest BCUT2D eigenvalue weighted by molar-refractivity contribution is 5.27. The molecule has 74 valence electrons. The summed E-state index contributed by atoms with van der Waals surface area (Å²) in [5.74, 6) is 0.654. The molecule has 0 unspecified atom stereocenters. The Labute approximate surface area is 81.7 Å². The van der Waals surface area contributed by atoms with Crippen molar-refractivity contribution in [1.29, 1.82) is 0 Å². The number of hydrogen-bond acceptors (Lipinski definition) is 1. The van der Waals surface area contributed by atoms with Gasteiger partial charge in [-0.2, -0.15) is 0 Å². The first-order chi connectivity index (χ1) is 6.13. The fourth-order valence-electron chi connectivity index (χ4n) is 1.23. The Hall–Kier alpha value is -0.820. The molecule has 1 aromatic carbocycles. The first kappa shape index (κ1) is 12.2. The van der Waals surface area contributed by atoms with Gasteiger partial charge in [0.25, 0.3) is 0 Å². The zero-order chi connectivity index (χ0) is 10.3. The Morgan fingerprint density at radius 1 is 1.08 bits per heavy atom. The second-order valence-electron chi connectivity index (χ2n) is 3.42. The average Bonchev–Trinajstić information content (AvgIpc) is 2.06. The van der Waals surface area contributed by atoms with Crippen molar-refractivity contribution in [2.75, 3.05) is 14.2 Å². The lowest BCUT2D eigenvalue weighted by molar-refractivity contribution is 0.277. The minimum absolute atomic E-state index is 0.654. The van der Waals surface area contributed by atoms with Gasteiger partial charge in [-0.1, -0.05) is 38.1 Å². The van der Waals surface area contributed by atoms with Gasteiger partial charge >= 0.3 is 0 Å². The van der Waals surface area contributed by atoms with Crippen LogP contribution < -0.4 is 0 Å². The predicted molar refractivity (Wildman–Crippen MR) is 58.2 cm³/mol. The second kappa shape index (κ2) is 6.67. The summed E-state index contributed by atoms with van der Waals surface area (Å²) in [7, 11) is 3.25. The summed E-state index contributed by atoms with van der Waals surface area (Å²) in [6.45, 7) is 6.61. The third-order valence-electron chi connectivity index (χ3n) is 1.81. The molecule has 0 radical (unpaired) electrons. The van der Waals surface area contributed by atoms with Crippen molar-refractivity contribution in [3.8, 4) is 0 Å². The lowest BCUT2D eigenvalue weighted by atomic mass is 9.99. The number of benzene rings is 1. The van der Waals surface area contributed by atoms with E-state index in [9.17, 15) is 0 Å². The molecule has 0 saturated carbocycles. The van der Waals surface area contributed by atoms with Crippen molar-refractivity contribution in [1.82, 2.24) is 0 Å². The molecule has 0 aliphatic rings. The maximum atomic E-state index is 4.25. The molecule has 0 aliphatic carbocycles. The molecule has 0 aromatic heterocycles. The number of rotatable bonds is 1. The maximum absolute atomic E-state index is 4.25. The Kier molecular flexibility index (Phi) is 6.25. The Morgan fingerprint density at radius 3 is 1.85 bits per heavy atom. The van der Waals surface area contributed by atoms with Crippen molar-refractivity contribution in [3.63, 3.8) is 0 Å². The van der Waals surface area contributed by atoms with Crippen molar-refractivity contribution < 1.29 is 4.74 Å². The molecule has 1 rings (SSSR count). The lowest BCUT2D eigenvalue weighted by Gasteiger charge is -2.07. The summed E-state index contributed by atoms with van der Waals surface area (Å²) in [6.07, 6.45) is 0. The largest absolute Gasteiger partial charge is 0.388 e. The maximum Gasteiger partial charge on any atom is 0.0351 e. The molecule has 0 bridgehead atoms. The van der Waals surface area contributed by atoms with E-state index in [4.69, 9.17) is 0 Å². The molecular formula is C12H20O. The predicted octanol–water partition coefficient (Wildman–Crippen LogP) is 3.38. The molecule has 1 heteroatoms. The SMILES string of the molecule is COC.Cc1ccccc1C(C)C. The number of hydrogen-bond donors (Lipinski definition) is 0. The fourth-order valence-corrected chi connectivity index (χ4v) is 1.23. The van der Waals surface area contributed by atoms with Gasteiger partial charge in [-0.05, 0) is 24.0 Å². The van der Waals surface area contributed by atoms with E-state index >= 15 is 0 Å². The summed E-state index contributed by atoms with van der Waals surface area (Å²) in [6, 6.07) is 8.54. The lowest BCUT2D eigenvalue weighted by Crippen LogP contribution is -1.89. The van der Waals surface area contributed by atoms with Crippen LogP contribution in [0.2, 0.25) is 0 Å². The average molecular weight is 180 g/mol. The zero-order valence-electron chi connectivity index (χ0n) is 9.29. The van der Waals surface area contributed by atoms with Gasteiger partial charge in [0.05, 0.1) is 0 Å². The fraction of sp³-hybridized carbons (Fsp3) is 0.500. The highest BCUT2D eigenvalue weighted by Crippen LogP contribution is 2.17. The van der Waals surface area contributed by atoms with E-state index in [2.05, 4.69) is 49.8 Å². The second-order valence-corrected chi connectivity index (χ2v) is 3.42. The van der Waals surface area contributed by atoms with E-state index in [0.29, 0.717) is 5.92 Å². The monoisotopic (exact) mass is 180 g/mol. The van der Waals surface area contributed by atoms with E-state index in [1.165, 1.54) is 11.1 Å². The van der Waals surface area contributed by atoms with Crippen LogP contribution in [0.15, 0.2) is 24.3 Å². The number of aryl methyl sites for hydroxylation is 1. The molecule has 0 saturated heterocycles. The van der Waals surface area contributed by atoms with Crippen LogP contribution in [0.25, 0.3) is 0 Å². The molecule has 0 atom stereocenters. The third kappa shape index (κ3) is 4.69. The minimum Gasteiger partial charge on any atom is -0.388 e. The first-order valence-electron chi connectivity index (χ1n) is 4.59. The van der Waals surface area contributed by atoms with E-state index in [1.807, 2.05) is 0 Å². The highest BCUT2D eigenvalue weighted by Gasteiger charge is 1.99. The molecular weight excluding hydrogens is 160 g/mol. The van der Waals surface area contributed by atoms with Crippen LogP contribution in [-0.4, -0.2) is 14.2 Å². The van der Waals surface area contributed by atoms with Gasteiger partial charge in [-0.15, -0.1) is 0 Å². The quantitative estimate of drug-likeness (QED) is 0.643. The Morgan fingerprint density at radius 2 is 1.54 bits per heavy atom. The van der Waals surface area contributed by atoms with Crippen molar-refractivity contribution >= 4 is 0 Å².